The van der Waals surface area contributed by atoms with E-state index in [9.17, 15) is 9.59 Å². The number of ether oxygens (including phenoxy) is 2. The summed E-state index contributed by atoms with van der Waals surface area (Å²) in [5.41, 5.74) is 2.35. The van der Waals surface area contributed by atoms with E-state index in [0.29, 0.717) is 17.1 Å². The number of carbonyl (C=O) groups is 2. The van der Waals surface area contributed by atoms with Gasteiger partial charge in [0.15, 0.2) is 12.6 Å². The molecule has 0 fully saturated rings. The lowest BCUT2D eigenvalue weighted by Gasteiger charge is -2.12. The second-order valence-electron chi connectivity index (χ2n) is 6.23. The second-order valence-corrected chi connectivity index (χ2v) is 6.23. The molecular formula is C20H20N4O4. The summed E-state index contributed by atoms with van der Waals surface area (Å²) in [6.07, 6.45) is -0.930. The van der Waals surface area contributed by atoms with Crippen LogP contribution in [0.15, 0.2) is 48.5 Å². The molecule has 0 unspecified atom stereocenters. The van der Waals surface area contributed by atoms with Gasteiger partial charge in [0.1, 0.15) is 5.75 Å². The first-order valence-electron chi connectivity index (χ1n) is 8.69. The minimum Gasteiger partial charge on any atom is -0.497 e. The molecule has 0 saturated heterocycles. The molecule has 0 saturated carbocycles. The number of ketones is 1. The van der Waals surface area contributed by atoms with Gasteiger partial charge in [0.25, 0.3) is 0 Å². The van der Waals surface area contributed by atoms with Crippen molar-refractivity contribution in [3.05, 3.63) is 59.7 Å². The van der Waals surface area contributed by atoms with E-state index in [1.165, 1.54) is 6.92 Å². The summed E-state index contributed by atoms with van der Waals surface area (Å²) >= 11 is 0. The van der Waals surface area contributed by atoms with Gasteiger partial charge in [0, 0.05) is 11.1 Å². The van der Waals surface area contributed by atoms with Crippen molar-refractivity contribution in [3.63, 3.8) is 0 Å². The third-order valence-electron chi connectivity index (χ3n) is 4.09. The number of aromatic nitrogens is 4. The average Bonchev–Trinajstić information content (AvgIpc) is 3.16. The molecule has 2 aromatic carbocycles. The number of tetrazole rings is 1. The summed E-state index contributed by atoms with van der Waals surface area (Å²) in [6.45, 7) is 3.27. The van der Waals surface area contributed by atoms with E-state index in [1.54, 1.807) is 31.4 Å². The molecule has 1 heterocycles. The van der Waals surface area contributed by atoms with E-state index in [4.69, 9.17) is 9.47 Å². The van der Waals surface area contributed by atoms with Gasteiger partial charge in [-0.3, -0.25) is 4.79 Å². The maximum Gasteiger partial charge on any atom is 0.330 e. The lowest BCUT2D eigenvalue weighted by atomic mass is 10.1. The van der Waals surface area contributed by atoms with Crippen LogP contribution < -0.4 is 4.74 Å². The lowest BCUT2D eigenvalue weighted by molar-refractivity contribution is -0.147. The van der Waals surface area contributed by atoms with E-state index in [-0.39, 0.29) is 12.3 Å². The fourth-order valence-corrected chi connectivity index (χ4v) is 2.52. The van der Waals surface area contributed by atoms with Crippen molar-refractivity contribution in [2.75, 3.05) is 7.11 Å². The van der Waals surface area contributed by atoms with Crippen LogP contribution in [0.4, 0.5) is 0 Å². The Balaban J connectivity index is 1.58. The highest BCUT2D eigenvalue weighted by Crippen LogP contribution is 2.15. The normalized spacial score (nSPS) is 11.7. The van der Waals surface area contributed by atoms with Gasteiger partial charge in [-0.2, -0.15) is 4.80 Å². The third kappa shape index (κ3) is 4.59. The Labute approximate surface area is 162 Å². The first-order chi connectivity index (χ1) is 13.5. The maximum atomic E-state index is 12.4. The summed E-state index contributed by atoms with van der Waals surface area (Å²) in [7, 11) is 1.55. The minimum atomic E-state index is -0.930. The molecule has 8 heteroatoms. The van der Waals surface area contributed by atoms with E-state index in [0.717, 1.165) is 15.9 Å². The molecule has 1 aromatic heterocycles. The maximum absolute atomic E-state index is 12.4. The Kier molecular flexibility index (Phi) is 5.78. The number of aryl methyl sites for hydroxylation is 1. The van der Waals surface area contributed by atoms with Gasteiger partial charge in [-0.05, 0) is 43.3 Å². The molecule has 0 aliphatic carbocycles. The number of nitrogens with zero attached hydrogens (tertiary/aromatic N) is 4. The van der Waals surface area contributed by atoms with Crippen molar-refractivity contribution in [1.29, 1.82) is 0 Å². The zero-order valence-electron chi connectivity index (χ0n) is 15.8. The van der Waals surface area contributed by atoms with Crippen LogP contribution in [-0.2, 0) is 16.1 Å². The molecule has 3 rings (SSSR count). The van der Waals surface area contributed by atoms with Crippen molar-refractivity contribution in [2.45, 2.75) is 26.5 Å². The summed E-state index contributed by atoms with van der Waals surface area (Å²) in [6, 6.07) is 14.2. The molecule has 0 spiro atoms. The van der Waals surface area contributed by atoms with E-state index < -0.39 is 12.1 Å². The Morgan fingerprint density at radius 2 is 1.75 bits per heavy atom. The van der Waals surface area contributed by atoms with Crippen LogP contribution in [-0.4, -0.2) is 45.2 Å². The molecular weight excluding hydrogens is 360 g/mol. The van der Waals surface area contributed by atoms with Crippen LogP contribution in [0.2, 0.25) is 0 Å². The molecule has 1 atom stereocenters. The van der Waals surface area contributed by atoms with E-state index in [1.807, 2.05) is 31.2 Å². The van der Waals surface area contributed by atoms with Gasteiger partial charge in [0.05, 0.1) is 7.11 Å². The number of benzene rings is 2. The van der Waals surface area contributed by atoms with Gasteiger partial charge < -0.3 is 9.47 Å². The molecule has 0 amide bonds. The minimum absolute atomic E-state index is 0.237. The Morgan fingerprint density at radius 1 is 1.07 bits per heavy atom. The number of Topliss-reactive ketones (excluding diaryl/α,β-unsaturated/α-hetero) is 1. The Morgan fingerprint density at radius 3 is 2.39 bits per heavy atom. The van der Waals surface area contributed by atoms with Crippen LogP contribution in [0.25, 0.3) is 11.4 Å². The quantitative estimate of drug-likeness (QED) is 0.459. The highest BCUT2D eigenvalue weighted by molar-refractivity contribution is 6.00. The van der Waals surface area contributed by atoms with Crippen molar-refractivity contribution < 1.29 is 19.1 Å². The van der Waals surface area contributed by atoms with Gasteiger partial charge in [-0.25, -0.2) is 4.79 Å². The standard InChI is InChI=1S/C20H20N4O4/c1-13-4-6-16(7-5-13)20-21-23-24(22-20)12-18(25)28-14(2)19(26)15-8-10-17(27-3)11-9-15/h4-11,14H,12H2,1-3H3/t14-/m0/s1. The van der Waals surface area contributed by atoms with Gasteiger partial charge in [0.2, 0.25) is 11.6 Å². The number of hydrogen-bond donors (Lipinski definition) is 0. The summed E-state index contributed by atoms with van der Waals surface area (Å²) in [5.74, 6) is 0.128. The smallest absolute Gasteiger partial charge is 0.330 e. The molecule has 0 radical (unpaired) electrons. The predicted octanol–water partition coefficient (Wildman–Crippen LogP) is 2.47. The number of methoxy groups -OCH3 is 1. The fourth-order valence-electron chi connectivity index (χ4n) is 2.52. The topological polar surface area (TPSA) is 96.2 Å². The van der Waals surface area contributed by atoms with Crippen LogP contribution in [0.1, 0.15) is 22.8 Å². The molecule has 0 N–H and O–H groups in total. The molecule has 8 nitrogen and oxygen atoms in total. The van der Waals surface area contributed by atoms with Crippen LogP contribution in [0.5, 0.6) is 5.75 Å². The van der Waals surface area contributed by atoms with Gasteiger partial charge in [-0.15, -0.1) is 10.2 Å². The monoisotopic (exact) mass is 380 g/mol. The van der Waals surface area contributed by atoms with Crippen molar-refractivity contribution in [2.24, 2.45) is 0 Å². The highest BCUT2D eigenvalue weighted by atomic mass is 16.5. The van der Waals surface area contributed by atoms with Crippen LogP contribution in [0.3, 0.4) is 0 Å². The summed E-state index contributed by atoms with van der Waals surface area (Å²) in [5, 5.41) is 12.0. The number of carbonyl (C=O) groups excluding carboxylic acids is 2. The Bertz CT molecular complexity index is 965. The zero-order valence-corrected chi connectivity index (χ0v) is 15.8. The molecule has 3 aromatic rings. The molecule has 28 heavy (non-hydrogen) atoms. The second kappa shape index (κ2) is 8.43. The molecule has 0 aliphatic rings. The SMILES string of the molecule is COc1ccc(C(=O)[C@H](C)OC(=O)Cn2nnc(-c3ccc(C)cc3)n2)cc1. The number of rotatable bonds is 7. The van der Waals surface area contributed by atoms with Crippen LogP contribution >= 0.6 is 0 Å². The van der Waals surface area contributed by atoms with E-state index >= 15 is 0 Å². The predicted molar refractivity (Wildman–Crippen MR) is 101 cm³/mol. The largest absolute Gasteiger partial charge is 0.497 e. The Hall–Kier alpha value is -3.55. The number of hydrogen-bond acceptors (Lipinski definition) is 7. The number of esters is 1. The zero-order chi connectivity index (χ0) is 20.1. The van der Waals surface area contributed by atoms with Crippen molar-refractivity contribution in [3.8, 4) is 17.1 Å². The van der Waals surface area contributed by atoms with Crippen molar-refractivity contribution in [1.82, 2.24) is 20.2 Å². The first-order valence-corrected chi connectivity index (χ1v) is 8.69. The van der Waals surface area contributed by atoms with Crippen molar-refractivity contribution >= 4 is 11.8 Å². The van der Waals surface area contributed by atoms with Gasteiger partial charge >= 0.3 is 5.97 Å². The first kappa shape index (κ1) is 19.2. The molecule has 144 valence electrons. The molecule has 0 bridgehead atoms. The summed E-state index contributed by atoms with van der Waals surface area (Å²) < 4.78 is 10.3. The highest BCUT2D eigenvalue weighted by Gasteiger charge is 2.20. The molecule has 0 aliphatic heterocycles. The third-order valence-corrected chi connectivity index (χ3v) is 4.09. The van der Waals surface area contributed by atoms with Gasteiger partial charge in [-0.1, -0.05) is 29.8 Å². The lowest BCUT2D eigenvalue weighted by Crippen LogP contribution is -2.27. The average molecular weight is 380 g/mol. The van der Waals surface area contributed by atoms with E-state index in [2.05, 4.69) is 15.4 Å². The fraction of sp³-hybridized carbons (Fsp3) is 0.250. The van der Waals surface area contributed by atoms with Crippen LogP contribution in [0, 0.1) is 6.92 Å². The summed E-state index contributed by atoms with van der Waals surface area (Å²) in [4.78, 5) is 25.6.